The fourth-order valence-electron chi connectivity index (χ4n) is 2.43. The molecule has 9 heteroatoms. The van der Waals surface area contributed by atoms with Gasteiger partial charge in [0.1, 0.15) is 11.9 Å². The minimum atomic E-state index is -3.23. The van der Waals surface area contributed by atoms with Gasteiger partial charge in [-0.25, -0.2) is 13.2 Å². The average Bonchev–Trinajstić information content (AvgIpc) is 2.42. The molecule has 0 spiro atoms. The van der Waals surface area contributed by atoms with E-state index in [0.717, 1.165) is 4.57 Å². The van der Waals surface area contributed by atoms with Crippen LogP contribution in [0.25, 0.3) is 0 Å². The molecule has 2 rings (SSSR count). The first-order valence-electron chi connectivity index (χ1n) is 6.41. The van der Waals surface area contributed by atoms with Crippen LogP contribution in [0.5, 0.6) is 0 Å². The molecule has 8 nitrogen and oxygen atoms in total. The van der Waals surface area contributed by atoms with Crippen molar-refractivity contribution in [2.75, 3.05) is 18.0 Å². The third kappa shape index (κ3) is 2.35. The van der Waals surface area contributed by atoms with Crippen LogP contribution in [0.1, 0.15) is 19.4 Å². The van der Waals surface area contributed by atoms with Gasteiger partial charge in [-0.1, -0.05) is 0 Å². The second-order valence-electron chi connectivity index (χ2n) is 5.24. The molecule has 0 aromatic carbocycles. The highest BCUT2D eigenvalue weighted by Crippen LogP contribution is 2.23. The van der Waals surface area contributed by atoms with E-state index in [1.54, 1.807) is 24.8 Å². The molecule has 1 aromatic heterocycles. The zero-order chi connectivity index (χ0) is 15.9. The molecular weight excluding hydrogens is 296 g/mol. The van der Waals surface area contributed by atoms with E-state index in [0.29, 0.717) is 0 Å². The van der Waals surface area contributed by atoms with Gasteiger partial charge in [-0.2, -0.15) is 5.26 Å². The van der Waals surface area contributed by atoms with Gasteiger partial charge >= 0.3 is 5.69 Å². The second kappa shape index (κ2) is 5.04. The van der Waals surface area contributed by atoms with Crippen molar-refractivity contribution < 1.29 is 8.42 Å². The van der Waals surface area contributed by atoms with Gasteiger partial charge in [-0.15, -0.1) is 0 Å². The summed E-state index contributed by atoms with van der Waals surface area (Å²) in [5, 5.41) is 7.87. The number of nitrogens with zero attached hydrogens (tertiary/aromatic N) is 3. The lowest BCUT2D eigenvalue weighted by Crippen LogP contribution is -2.52. The van der Waals surface area contributed by atoms with Gasteiger partial charge in [0.2, 0.25) is 0 Å². The van der Waals surface area contributed by atoms with E-state index in [4.69, 9.17) is 5.26 Å². The molecule has 0 aliphatic carbocycles. The van der Waals surface area contributed by atoms with Crippen LogP contribution in [0.2, 0.25) is 0 Å². The Morgan fingerprint density at radius 3 is 2.24 bits per heavy atom. The molecule has 1 aromatic rings. The first-order chi connectivity index (χ1) is 9.70. The van der Waals surface area contributed by atoms with E-state index in [2.05, 4.69) is 4.98 Å². The molecule has 0 radical (unpaired) electrons. The molecule has 114 valence electrons. The van der Waals surface area contributed by atoms with E-state index < -0.39 is 31.6 Å². The molecule has 1 aliphatic rings. The van der Waals surface area contributed by atoms with Crippen LogP contribution >= 0.6 is 0 Å². The number of rotatable bonds is 1. The maximum atomic E-state index is 12.0. The summed E-state index contributed by atoms with van der Waals surface area (Å²) in [7, 11) is -1.95. The highest BCUT2D eigenvalue weighted by molar-refractivity contribution is 7.92. The van der Waals surface area contributed by atoms with Crippen molar-refractivity contribution in [1.29, 1.82) is 5.26 Å². The van der Waals surface area contributed by atoms with Crippen molar-refractivity contribution in [3.63, 3.8) is 0 Å². The van der Waals surface area contributed by atoms with Crippen LogP contribution in [-0.2, 0) is 16.9 Å². The monoisotopic (exact) mass is 312 g/mol. The number of aromatic amines is 1. The number of H-pyrrole nitrogens is 1. The lowest BCUT2D eigenvalue weighted by molar-refractivity contribution is 0.547. The Morgan fingerprint density at radius 2 is 1.76 bits per heavy atom. The van der Waals surface area contributed by atoms with Crippen LogP contribution in [0.15, 0.2) is 9.59 Å². The van der Waals surface area contributed by atoms with Gasteiger partial charge in [0, 0.05) is 20.1 Å². The molecule has 2 heterocycles. The van der Waals surface area contributed by atoms with E-state index in [9.17, 15) is 18.0 Å². The second-order valence-corrected chi connectivity index (χ2v) is 8.03. The molecule has 1 saturated heterocycles. The Hall–Kier alpha value is -2.08. The predicted molar refractivity (Wildman–Crippen MR) is 77.1 cm³/mol. The van der Waals surface area contributed by atoms with Gasteiger partial charge in [-0.3, -0.25) is 14.3 Å². The number of sulfone groups is 1. The van der Waals surface area contributed by atoms with Gasteiger partial charge in [0.25, 0.3) is 5.56 Å². The van der Waals surface area contributed by atoms with Crippen LogP contribution in [-0.4, -0.2) is 41.6 Å². The number of anilines is 1. The Morgan fingerprint density at radius 1 is 1.24 bits per heavy atom. The van der Waals surface area contributed by atoms with Crippen LogP contribution in [0, 0.1) is 11.3 Å². The smallest absolute Gasteiger partial charge is 0.329 e. The highest BCUT2D eigenvalue weighted by atomic mass is 32.2. The quantitative estimate of drug-likeness (QED) is 0.708. The standard InChI is InChI=1S/C12H16N4O4S/c1-7-5-16(6-8(2)21(7,19)20)10-9(4-13)11(17)15(3)12(18)14-10/h7-8H,5-6H2,1-3H3,(H,14,18). The summed E-state index contributed by atoms with van der Waals surface area (Å²) in [4.78, 5) is 27.7. The third-order valence-electron chi connectivity index (χ3n) is 3.79. The molecule has 0 bridgehead atoms. The normalized spacial score (nSPS) is 24.6. The Bertz CT molecular complexity index is 812. The molecule has 0 saturated carbocycles. The summed E-state index contributed by atoms with van der Waals surface area (Å²) in [6.07, 6.45) is 0. The Kier molecular flexibility index (Phi) is 3.67. The first kappa shape index (κ1) is 15.3. The molecule has 1 aliphatic heterocycles. The van der Waals surface area contributed by atoms with E-state index in [-0.39, 0.29) is 24.5 Å². The molecule has 2 atom stereocenters. The minimum absolute atomic E-state index is 0.0965. The minimum Gasteiger partial charge on any atom is -0.354 e. The summed E-state index contributed by atoms with van der Waals surface area (Å²) >= 11 is 0. The zero-order valence-electron chi connectivity index (χ0n) is 12.0. The van der Waals surface area contributed by atoms with Crippen molar-refractivity contribution in [3.05, 3.63) is 26.4 Å². The van der Waals surface area contributed by atoms with Crippen LogP contribution in [0.4, 0.5) is 5.82 Å². The number of nitriles is 1. The van der Waals surface area contributed by atoms with Gasteiger partial charge in [0.15, 0.2) is 15.4 Å². The zero-order valence-corrected chi connectivity index (χ0v) is 12.8. The summed E-state index contributed by atoms with van der Waals surface area (Å²) in [5.74, 6) is 0.0965. The third-order valence-corrected chi connectivity index (χ3v) is 6.33. The van der Waals surface area contributed by atoms with Crippen molar-refractivity contribution in [3.8, 4) is 6.07 Å². The predicted octanol–water partition coefficient (Wildman–Crippen LogP) is -1.04. The molecule has 1 fully saturated rings. The van der Waals surface area contributed by atoms with Gasteiger partial charge < -0.3 is 4.90 Å². The SMILES string of the molecule is CC1CN(c2[nH]c(=O)n(C)c(=O)c2C#N)CC(C)S1(=O)=O. The van der Waals surface area contributed by atoms with Crippen LogP contribution < -0.4 is 16.1 Å². The largest absolute Gasteiger partial charge is 0.354 e. The number of hydrogen-bond acceptors (Lipinski definition) is 6. The molecule has 1 N–H and O–H groups in total. The number of nitrogens with one attached hydrogen (secondary N) is 1. The molecule has 21 heavy (non-hydrogen) atoms. The number of aromatic nitrogens is 2. The Labute approximate surface area is 121 Å². The molecule has 0 amide bonds. The number of hydrogen-bond donors (Lipinski definition) is 1. The van der Waals surface area contributed by atoms with Crippen molar-refractivity contribution in [1.82, 2.24) is 9.55 Å². The van der Waals surface area contributed by atoms with Crippen molar-refractivity contribution in [2.24, 2.45) is 7.05 Å². The lowest BCUT2D eigenvalue weighted by atomic mass is 10.2. The summed E-state index contributed by atoms with van der Waals surface area (Å²) in [5.41, 5.74) is -1.51. The van der Waals surface area contributed by atoms with Crippen molar-refractivity contribution >= 4 is 15.7 Å². The van der Waals surface area contributed by atoms with E-state index in [1.165, 1.54) is 7.05 Å². The van der Waals surface area contributed by atoms with E-state index in [1.807, 2.05) is 0 Å². The average molecular weight is 312 g/mol. The fourth-order valence-corrected chi connectivity index (χ4v) is 4.00. The maximum absolute atomic E-state index is 12.0. The fraction of sp³-hybridized carbons (Fsp3) is 0.583. The Balaban J connectivity index is 2.57. The summed E-state index contributed by atoms with van der Waals surface area (Å²) in [6.45, 7) is 3.40. The van der Waals surface area contributed by atoms with Crippen molar-refractivity contribution in [2.45, 2.75) is 24.3 Å². The van der Waals surface area contributed by atoms with Gasteiger partial charge in [0.05, 0.1) is 10.5 Å². The maximum Gasteiger partial charge on any atom is 0.329 e. The summed E-state index contributed by atoms with van der Waals surface area (Å²) in [6, 6.07) is 1.79. The lowest BCUT2D eigenvalue weighted by Gasteiger charge is -2.36. The molecular formula is C12H16N4O4S. The molecule has 2 unspecified atom stereocenters. The first-order valence-corrected chi connectivity index (χ1v) is 8.02. The highest BCUT2D eigenvalue weighted by Gasteiger charge is 2.37. The summed E-state index contributed by atoms with van der Waals surface area (Å²) < 4.78 is 24.8. The van der Waals surface area contributed by atoms with Gasteiger partial charge in [-0.05, 0) is 13.8 Å². The van der Waals surface area contributed by atoms with E-state index >= 15 is 0 Å². The van der Waals surface area contributed by atoms with Crippen LogP contribution in [0.3, 0.4) is 0 Å². The topological polar surface area (TPSA) is 116 Å².